The van der Waals surface area contributed by atoms with Crippen LogP contribution < -0.4 is 0 Å². The van der Waals surface area contributed by atoms with Crippen LogP contribution in [0.2, 0.25) is 0 Å². The van der Waals surface area contributed by atoms with Gasteiger partial charge in [0.25, 0.3) is 0 Å². The Kier molecular flexibility index (Phi) is 2.05. The van der Waals surface area contributed by atoms with Crippen molar-refractivity contribution in [3.63, 3.8) is 0 Å². The van der Waals surface area contributed by atoms with Gasteiger partial charge in [0.1, 0.15) is 0 Å². The molecule has 0 unspecified atom stereocenters. The van der Waals surface area contributed by atoms with Crippen LogP contribution in [0.25, 0.3) is 11.6 Å². The Morgan fingerprint density at radius 2 is 2.08 bits per heavy atom. The fourth-order valence-corrected chi connectivity index (χ4v) is 2.05. The third-order valence-corrected chi connectivity index (χ3v) is 2.68. The highest BCUT2D eigenvalue weighted by molar-refractivity contribution is 5.76. The summed E-state index contributed by atoms with van der Waals surface area (Å²) in [6.07, 6.45) is 5.50. The van der Waals surface area contributed by atoms with Gasteiger partial charge >= 0.3 is 0 Å². The van der Waals surface area contributed by atoms with Gasteiger partial charge in [0.15, 0.2) is 0 Å². The summed E-state index contributed by atoms with van der Waals surface area (Å²) in [5, 5.41) is 0. The minimum atomic E-state index is 1.14. The van der Waals surface area contributed by atoms with Crippen molar-refractivity contribution in [2.75, 3.05) is 0 Å². The lowest BCUT2D eigenvalue weighted by Gasteiger charge is -2.20. The molecule has 1 aromatic rings. The second-order valence-corrected chi connectivity index (χ2v) is 3.54. The summed E-state index contributed by atoms with van der Waals surface area (Å²) in [6.45, 7) is 7.95. The summed E-state index contributed by atoms with van der Waals surface area (Å²) in [5.74, 6) is 0. The van der Waals surface area contributed by atoms with E-state index >= 15 is 0 Å². The summed E-state index contributed by atoms with van der Waals surface area (Å²) in [6, 6.07) is 6.42. The van der Waals surface area contributed by atoms with Gasteiger partial charge in [-0.25, -0.2) is 0 Å². The summed E-state index contributed by atoms with van der Waals surface area (Å²) >= 11 is 0. The standard InChI is InChI=1S/C13H14/c1-3-11-7-5-9-12-8-4-6-10(2)13(11)12/h3,5,7,9H,1-2,4,6,8H2. The number of benzene rings is 1. The Morgan fingerprint density at radius 3 is 2.85 bits per heavy atom. The molecule has 0 spiro atoms. The Bertz CT molecular complexity index is 358. The number of fused-ring (bicyclic) bond motifs is 1. The molecule has 2 rings (SSSR count). The zero-order valence-electron chi connectivity index (χ0n) is 7.84. The first kappa shape index (κ1) is 8.31. The van der Waals surface area contributed by atoms with Gasteiger partial charge in [-0.15, -0.1) is 0 Å². The van der Waals surface area contributed by atoms with Crippen molar-refractivity contribution in [1.82, 2.24) is 0 Å². The van der Waals surface area contributed by atoms with Crippen molar-refractivity contribution < 1.29 is 0 Å². The third-order valence-electron chi connectivity index (χ3n) is 2.68. The topological polar surface area (TPSA) is 0 Å². The predicted molar refractivity (Wildman–Crippen MR) is 58.5 cm³/mol. The fourth-order valence-electron chi connectivity index (χ4n) is 2.05. The van der Waals surface area contributed by atoms with E-state index in [1.54, 1.807) is 0 Å². The molecule has 1 aliphatic carbocycles. The molecule has 0 saturated carbocycles. The maximum Gasteiger partial charge on any atom is -0.0126 e. The zero-order chi connectivity index (χ0) is 9.26. The van der Waals surface area contributed by atoms with Crippen LogP contribution in [0, 0.1) is 0 Å². The van der Waals surface area contributed by atoms with Crippen LogP contribution in [0.15, 0.2) is 31.4 Å². The molecule has 0 aromatic heterocycles. The molecule has 0 fully saturated rings. The molecule has 0 heterocycles. The van der Waals surface area contributed by atoms with Gasteiger partial charge in [0, 0.05) is 0 Å². The molecule has 13 heavy (non-hydrogen) atoms. The lowest BCUT2D eigenvalue weighted by Crippen LogP contribution is -2.02. The highest BCUT2D eigenvalue weighted by atomic mass is 14.2. The summed E-state index contributed by atoms with van der Waals surface area (Å²) in [4.78, 5) is 0. The van der Waals surface area contributed by atoms with Crippen molar-refractivity contribution in [3.05, 3.63) is 48.0 Å². The van der Waals surface area contributed by atoms with Crippen molar-refractivity contribution >= 4 is 11.6 Å². The number of aryl methyl sites for hydroxylation is 1. The summed E-state index contributed by atoms with van der Waals surface area (Å²) < 4.78 is 0. The van der Waals surface area contributed by atoms with Gasteiger partial charge < -0.3 is 0 Å². The fraction of sp³-hybridized carbons (Fsp3) is 0.231. The minimum Gasteiger partial charge on any atom is -0.0984 e. The first-order valence-corrected chi connectivity index (χ1v) is 4.75. The monoisotopic (exact) mass is 170 g/mol. The predicted octanol–water partition coefficient (Wildman–Crippen LogP) is 3.68. The molecule has 0 nitrogen and oxygen atoms in total. The van der Waals surface area contributed by atoms with Gasteiger partial charge in [0.05, 0.1) is 0 Å². The molecular weight excluding hydrogens is 156 g/mol. The SMILES string of the molecule is C=Cc1cccc2c1C(=C)CCC2. The van der Waals surface area contributed by atoms with Crippen molar-refractivity contribution in [2.24, 2.45) is 0 Å². The van der Waals surface area contributed by atoms with Crippen molar-refractivity contribution in [1.29, 1.82) is 0 Å². The Morgan fingerprint density at radius 1 is 1.23 bits per heavy atom. The van der Waals surface area contributed by atoms with Gasteiger partial charge in [-0.05, 0) is 41.5 Å². The van der Waals surface area contributed by atoms with E-state index < -0.39 is 0 Å². The van der Waals surface area contributed by atoms with E-state index in [-0.39, 0.29) is 0 Å². The van der Waals surface area contributed by atoms with E-state index in [4.69, 9.17) is 0 Å². The third kappa shape index (κ3) is 1.33. The molecule has 0 aliphatic heterocycles. The Labute approximate surface area is 79.6 Å². The van der Waals surface area contributed by atoms with E-state index in [1.165, 1.54) is 35.1 Å². The average Bonchev–Trinajstić information content (AvgIpc) is 2.17. The van der Waals surface area contributed by atoms with Gasteiger partial charge in [-0.3, -0.25) is 0 Å². The molecule has 0 heteroatoms. The minimum absolute atomic E-state index is 1.14. The van der Waals surface area contributed by atoms with Crippen LogP contribution in [0.3, 0.4) is 0 Å². The average molecular weight is 170 g/mol. The van der Waals surface area contributed by atoms with Crippen LogP contribution >= 0.6 is 0 Å². The number of rotatable bonds is 1. The van der Waals surface area contributed by atoms with Crippen LogP contribution in [-0.2, 0) is 6.42 Å². The second kappa shape index (κ2) is 3.21. The van der Waals surface area contributed by atoms with Gasteiger partial charge in [0.2, 0.25) is 0 Å². The van der Waals surface area contributed by atoms with Gasteiger partial charge in [-0.1, -0.05) is 37.4 Å². The van der Waals surface area contributed by atoms with E-state index in [0.717, 1.165) is 6.42 Å². The van der Waals surface area contributed by atoms with E-state index in [9.17, 15) is 0 Å². The molecule has 0 radical (unpaired) electrons. The van der Waals surface area contributed by atoms with Gasteiger partial charge in [-0.2, -0.15) is 0 Å². The lowest BCUT2D eigenvalue weighted by atomic mass is 9.85. The molecule has 0 amide bonds. The number of hydrogen-bond acceptors (Lipinski definition) is 0. The first-order valence-electron chi connectivity index (χ1n) is 4.75. The number of hydrogen-bond donors (Lipinski definition) is 0. The largest absolute Gasteiger partial charge is 0.0984 e. The smallest absolute Gasteiger partial charge is 0.0126 e. The Balaban J connectivity index is 2.63. The highest BCUT2D eigenvalue weighted by Gasteiger charge is 2.13. The highest BCUT2D eigenvalue weighted by Crippen LogP contribution is 2.32. The summed E-state index contributed by atoms with van der Waals surface area (Å²) in [7, 11) is 0. The normalized spacial score (nSPS) is 15.2. The van der Waals surface area contributed by atoms with E-state index in [1.807, 2.05) is 6.08 Å². The molecule has 1 aromatic carbocycles. The van der Waals surface area contributed by atoms with E-state index in [0.29, 0.717) is 0 Å². The summed E-state index contributed by atoms with van der Waals surface area (Å²) in [5.41, 5.74) is 5.30. The van der Waals surface area contributed by atoms with Crippen LogP contribution in [0.4, 0.5) is 0 Å². The number of allylic oxidation sites excluding steroid dienone is 1. The maximum atomic E-state index is 4.12. The second-order valence-electron chi connectivity index (χ2n) is 3.54. The first-order chi connectivity index (χ1) is 6.33. The molecule has 0 atom stereocenters. The molecule has 0 bridgehead atoms. The van der Waals surface area contributed by atoms with Crippen LogP contribution in [-0.4, -0.2) is 0 Å². The van der Waals surface area contributed by atoms with Crippen LogP contribution in [0.5, 0.6) is 0 Å². The quantitative estimate of drug-likeness (QED) is 0.603. The van der Waals surface area contributed by atoms with Crippen LogP contribution in [0.1, 0.15) is 29.5 Å². The van der Waals surface area contributed by atoms with Crippen molar-refractivity contribution in [3.8, 4) is 0 Å². The maximum absolute atomic E-state index is 4.12. The molecular formula is C13H14. The molecule has 0 saturated heterocycles. The van der Waals surface area contributed by atoms with E-state index in [2.05, 4.69) is 31.4 Å². The molecule has 1 aliphatic rings. The molecule has 66 valence electrons. The lowest BCUT2D eigenvalue weighted by molar-refractivity contribution is 0.823. The van der Waals surface area contributed by atoms with Crippen molar-refractivity contribution in [2.45, 2.75) is 19.3 Å². The Hall–Kier alpha value is -1.30. The zero-order valence-corrected chi connectivity index (χ0v) is 7.84. The molecule has 0 N–H and O–H groups in total.